The summed E-state index contributed by atoms with van der Waals surface area (Å²) in [7, 11) is 0. The second-order valence-corrected chi connectivity index (χ2v) is 14.2. The van der Waals surface area contributed by atoms with E-state index in [0.717, 1.165) is 9.13 Å². The summed E-state index contributed by atoms with van der Waals surface area (Å²) in [6, 6.07) is 5.55. The molecule has 1 saturated heterocycles. The third kappa shape index (κ3) is 14.7. The molecule has 0 aliphatic carbocycles. The Bertz CT molecular complexity index is 1270. The Labute approximate surface area is 282 Å². The molecule has 2 atom stereocenters. The van der Waals surface area contributed by atoms with Gasteiger partial charge >= 0.3 is 17.9 Å². The van der Waals surface area contributed by atoms with Crippen LogP contribution in [-0.4, -0.2) is 69.9 Å². The molecule has 0 aromatic heterocycles. The average Bonchev–Trinajstić information content (AvgIpc) is 3.24. The van der Waals surface area contributed by atoms with Gasteiger partial charge in [-0.25, -0.2) is 14.4 Å². The van der Waals surface area contributed by atoms with Crippen molar-refractivity contribution in [3.05, 3.63) is 33.4 Å². The SMILES string of the molecule is CC(C)(C)OC(=O)[C@H](CCC(=O)N[C@@H](CCC(=O)ON1C(=O)CCC1=O)C(=O)OC(C)(C)C)NC(=O)CCCc1ccc(I)cc1. The molecule has 2 rings (SSSR count). The molecule has 1 fully saturated rings. The summed E-state index contributed by atoms with van der Waals surface area (Å²) < 4.78 is 12.0. The monoisotopic (exact) mass is 757 g/mol. The number of nitrogens with zero attached hydrogens (tertiary/aromatic N) is 1. The Kier molecular flexibility index (Phi) is 14.6. The second-order valence-electron chi connectivity index (χ2n) is 12.9. The van der Waals surface area contributed by atoms with E-state index in [-0.39, 0.29) is 44.4 Å². The molecular formula is C32H44IN3O10. The zero-order valence-corrected chi connectivity index (χ0v) is 29.4. The first kappa shape index (κ1) is 38.6. The number of nitrogens with one attached hydrogen (secondary N) is 2. The molecule has 1 aromatic carbocycles. The molecule has 254 valence electrons. The van der Waals surface area contributed by atoms with E-state index >= 15 is 0 Å². The highest BCUT2D eigenvalue weighted by molar-refractivity contribution is 14.1. The molecule has 0 spiro atoms. The van der Waals surface area contributed by atoms with Crippen LogP contribution in [0, 0.1) is 3.57 Å². The summed E-state index contributed by atoms with van der Waals surface area (Å²) in [5.74, 6) is -4.77. The molecule has 0 saturated carbocycles. The number of halogens is 1. The van der Waals surface area contributed by atoms with E-state index in [1.54, 1.807) is 41.5 Å². The molecule has 4 amide bonds. The number of imide groups is 1. The van der Waals surface area contributed by atoms with Gasteiger partial charge < -0.3 is 24.9 Å². The van der Waals surface area contributed by atoms with Crippen molar-refractivity contribution in [1.29, 1.82) is 0 Å². The summed E-state index contributed by atoms with van der Waals surface area (Å²) in [6.45, 7) is 9.96. The highest BCUT2D eigenvalue weighted by Gasteiger charge is 2.34. The van der Waals surface area contributed by atoms with Gasteiger partial charge in [0.1, 0.15) is 23.3 Å². The predicted octanol–water partition coefficient (Wildman–Crippen LogP) is 3.43. The van der Waals surface area contributed by atoms with Gasteiger partial charge in [0.05, 0.1) is 6.42 Å². The maximum absolute atomic E-state index is 13.0. The first-order valence-corrected chi connectivity index (χ1v) is 16.3. The standard InChI is InChI=1S/C32H44IN3O10/c1-31(2,3)44-29(42)22(34-24(37)9-7-8-20-10-12-21(33)13-11-20)14-16-25(38)35-23(30(43)45-32(4,5)6)15-19-28(41)46-36-26(39)17-18-27(36)40/h10-13,22-23H,7-9,14-19H2,1-6H3,(H,34,37)(H,35,38)/t22-,23-/m0/s1. The van der Waals surface area contributed by atoms with Crippen molar-refractivity contribution in [2.24, 2.45) is 0 Å². The smallest absolute Gasteiger partial charge is 0.333 e. The van der Waals surface area contributed by atoms with Gasteiger partial charge in [0, 0.05) is 29.3 Å². The normalized spacial score (nSPS) is 14.7. The topological polar surface area (TPSA) is 174 Å². The molecular weight excluding hydrogens is 713 g/mol. The van der Waals surface area contributed by atoms with Gasteiger partial charge in [-0.2, -0.15) is 0 Å². The molecule has 13 nitrogen and oxygen atoms in total. The fraction of sp³-hybridized carbons (Fsp3) is 0.594. The minimum Gasteiger partial charge on any atom is -0.458 e. The first-order chi connectivity index (χ1) is 21.3. The van der Waals surface area contributed by atoms with Gasteiger partial charge in [-0.05, 0) is 108 Å². The molecule has 46 heavy (non-hydrogen) atoms. The van der Waals surface area contributed by atoms with E-state index in [0.29, 0.717) is 17.9 Å². The fourth-order valence-electron chi connectivity index (χ4n) is 4.22. The lowest BCUT2D eigenvalue weighted by molar-refractivity contribution is -0.197. The maximum Gasteiger partial charge on any atom is 0.333 e. The Morgan fingerprint density at radius 3 is 1.70 bits per heavy atom. The van der Waals surface area contributed by atoms with Crippen LogP contribution in [-0.2, 0) is 54.3 Å². The lowest BCUT2D eigenvalue weighted by Crippen LogP contribution is -2.47. The van der Waals surface area contributed by atoms with Crippen LogP contribution in [0.25, 0.3) is 0 Å². The number of hydroxylamine groups is 2. The average molecular weight is 758 g/mol. The molecule has 14 heteroatoms. The molecule has 2 N–H and O–H groups in total. The van der Waals surface area contributed by atoms with Crippen LogP contribution >= 0.6 is 22.6 Å². The van der Waals surface area contributed by atoms with Crippen molar-refractivity contribution in [2.75, 3.05) is 0 Å². The summed E-state index contributed by atoms with van der Waals surface area (Å²) in [5, 5.41) is 5.60. The van der Waals surface area contributed by atoms with Crippen LogP contribution in [0.1, 0.15) is 98.5 Å². The van der Waals surface area contributed by atoms with E-state index in [9.17, 15) is 33.6 Å². The highest BCUT2D eigenvalue weighted by atomic mass is 127. The number of carbonyl (C=O) groups excluding carboxylic acids is 7. The quantitative estimate of drug-likeness (QED) is 0.153. The van der Waals surface area contributed by atoms with E-state index in [1.807, 2.05) is 24.3 Å². The van der Waals surface area contributed by atoms with E-state index in [2.05, 4.69) is 33.2 Å². The summed E-state index contributed by atoms with van der Waals surface area (Å²) in [5.41, 5.74) is -0.659. The number of hydrogen-bond donors (Lipinski definition) is 2. The van der Waals surface area contributed by atoms with Crippen LogP contribution in [0.3, 0.4) is 0 Å². The van der Waals surface area contributed by atoms with Crippen LogP contribution in [0.5, 0.6) is 0 Å². The Morgan fingerprint density at radius 2 is 1.22 bits per heavy atom. The number of ether oxygens (including phenoxy) is 2. The van der Waals surface area contributed by atoms with Crippen molar-refractivity contribution in [3.8, 4) is 0 Å². The summed E-state index contributed by atoms with van der Waals surface area (Å²) in [6.07, 6.45) is 0.189. The molecule has 0 unspecified atom stereocenters. The molecule has 1 aliphatic rings. The van der Waals surface area contributed by atoms with Crippen LogP contribution in [0.4, 0.5) is 0 Å². The van der Waals surface area contributed by atoms with Crippen molar-refractivity contribution >= 4 is 64.1 Å². The molecule has 0 radical (unpaired) electrons. The lowest BCUT2D eigenvalue weighted by Gasteiger charge is -2.26. The summed E-state index contributed by atoms with van der Waals surface area (Å²) >= 11 is 2.22. The van der Waals surface area contributed by atoms with Gasteiger partial charge in [-0.3, -0.25) is 19.2 Å². The van der Waals surface area contributed by atoms with Crippen molar-refractivity contribution in [1.82, 2.24) is 15.7 Å². The highest BCUT2D eigenvalue weighted by Crippen LogP contribution is 2.16. The van der Waals surface area contributed by atoms with Gasteiger partial charge in [0.2, 0.25) is 11.8 Å². The Morgan fingerprint density at radius 1 is 0.761 bits per heavy atom. The number of carbonyl (C=O) groups is 7. The van der Waals surface area contributed by atoms with E-state index < -0.39 is 65.3 Å². The van der Waals surface area contributed by atoms with Gasteiger partial charge in [-0.1, -0.05) is 12.1 Å². The Balaban J connectivity index is 2.01. The minimum atomic E-state index is -1.28. The number of rotatable bonds is 15. The fourth-order valence-corrected chi connectivity index (χ4v) is 4.58. The van der Waals surface area contributed by atoms with Gasteiger partial charge in [0.25, 0.3) is 11.8 Å². The van der Waals surface area contributed by atoms with Crippen molar-refractivity contribution < 1.29 is 47.9 Å². The predicted molar refractivity (Wildman–Crippen MR) is 173 cm³/mol. The number of aryl methyl sites for hydroxylation is 1. The van der Waals surface area contributed by atoms with E-state index in [1.165, 1.54) is 0 Å². The number of esters is 2. The van der Waals surface area contributed by atoms with Crippen LogP contribution in [0.2, 0.25) is 0 Å². The molecule has 1 aromatic rings. The molecule has 1 heterocycles. The minimum absolute atomic E-state index is 0.0688. The van der Waals surface area contributed by atoms with Gasteiger partial charge in [-0.15, -0.1) is 5.06 Å². The number of benzene rings is 1. The summed E-state index contributed by atoms with van der Waals surface area (Å²) in [4.78, 5) is 92.2. The number of amides is 4. The largest absolute Gasteiger partial charge is 0.458 e. The lowest BCUT2D eigenvalue weighted by atomic mass is 10.1. The first-order valence-electron chi connectivity index (χ1n) is 15.2. The van der Waals surface area contributed by atoms with Crippen molar-refractivity contribution in [2.45, 2.75) is 123 Å². The maximum atomic E-state index is 13.0. The molecule has 0 bridgehead atoms. The third-order valence-corrected chi connectivity index (χ3v) is 7.05. The van der Waals surface area contributed by atoms with Crippen LogP contribution in [0.15, 0.2) is 24.3 Å². The zero-order chi connectivity index (χ0) is 34.7. The third-order valence-electron chi connectivity index (χ3n) is 6.33. The Hall–Kier alpha value is -3.56. The second kappa shape index (κ2) is 17.4. The van der Waals surface area contributed by atoms with Crippen molar-refractivity contribution in [3.63, 3.8) is 0 Å². The molecule has 1 aliphatic heterocycles. The number of hydrogen-bond acceptors (Lipinski definition) is 10. The van der Waals surface area contributed by atoms with Gasteiger partial charge in [0.15, 0.2) is 0 Å². The van der Waals surface area contributed by atoms with E-state index in [4.69, 9.17) is 14.3 Å². The zero-order valence-electron chi connectivity index (χ0n) is 27.2. The van der Waals surface area contributed by atoms with Crippen LogP contribution < -0.4 is 10.6 Å².